The second-order valence-corrected chi connectivity index (χ2v) is 6.26. The van der Waals surface area contributed by atoms with Gasteiger partial charge in [0.15, 0.2) is 5.76 Å². The molecule has 1 fully saturated rings. The number of halogens is 1. The molecule has 0 N–H and O–H groups in total. The lowest BCUT2D eigenvalue weighted by Gasteiger charge is -2.37. The lowest BCUT2D eigenvalue weighted by Crippen LogP contribution is -2.48. The first-order valence-electron chi connectivity index (χ1n) is 7.13. The van der Waals surface area contributed by atoms with Crippen LogP contribution in [0.15, 0.2) is 56.1 Å². The molecule has 1 aliphatic heterocycles. The van der Waals surface area contributed by atoms with Crippen molar-refractivity contribution >= 4 is 21.8 Å². The van der Waals surface area contributed by atoms with Gasteiger partial charge in [0, 0.05) is 23.1 Å². The minimum Gasteiger partial charge on any atom is -0.461 e. The van der Waals surface area contributed by atoms with Crippen molar-refractivity contribution in [3.05, 3.63) is 58.6 Å². The molecular formula is C16H12BrN3O3. The first-order valence-corrected chi connectivity index (χ1v) is 7.92. The molecule has 3 heterocycles. The highest BCUT2D eigenvalue weighted by Gasteiger charge is 2.36. The fourth-order valence-electron chi connectivity index (χ4n) is 2.48. The molecule has 3 aromatic rings. The summed E-state index contributed by atoms with van der Waals surface area (Å²) < 4.78 is 11.5. The van der Waals surface area contributed by atoms with Gasteiger partial charge in [-0.15, -0.1) is 0 Å². The fraction of sp³-hybridized carbons (Fsp3) is 0.188. The Kier molecular flexibility index (Phi) is 3.49. The van der Waals surface area contributed by atoms with Crippen molar-refractivity contribution in [3.63, 3.8) is 0 Å². The van der Waals surface area contributed by atoms with Crippen LogP contribution in [0.1, 0.15) is 22.2 Å². The molecule has 4 rings (SSSR count). The maximum absolute atomic E-state index is 12.3. The van der Waals surface area contributed by atoms with Crippen LogP contribution in [0.2, 0.25) is 0 Å². The van der Waals surface area contributed by atoms with Crippen LogP contribution in [-0.2, 0) is 0 Å². The second kappa shape index (κ2) is 5.66. The van der Waals surface area contributed by atoms with Crippen LogP contribution in [-0.4, -0.2) is 34.0 Å². The topological polar surface area (TPSA) is 72.4 Å². The molecule has 0 aliphatic carbocycles. The molecule has 1 amide bonds. The molecule has 2 aromatic heterocycles. The van der Waals surface area contributed by atoms with Gasteiger partial charge in [-0.2, -0.15) is 4.98 Å². The van der Waals surface area contributed by atoms with Gasteiger partial charge in [-0.1, -0.05) is 21.1 Å². The molecule has 0 bridgehead atoms. The van der Waals surface area contributed by atoms with Crippen molar-refractivity contribution < 1.29 is 13.7 Å². The number of carbonyl (C=O) groups is 1. The Hall–Kier alpha value is -2.41. The molecule has 0 spiro atoms. The summed E-state index contributed by atoms with van der Waals surface area (Å²) in [4.78, 5) is 18.4. The smallest absolute Gasteiger partial charge is 0.253 e. The van der Waals surface area contributed by atoms with Crippen molar-refractivity contribution in [3.8, 4) is 11.6 Å². The van der Waals surface area contributed by atoms with E-state index in [9.17, 15) is 4.79 Å². The van der Waals surface area contributed by atoms with Crippen LogP contribution in [0.3, 0.4) is 0 Å². The summed E-state index contributed by atoms with van der Waals surface area (Å²) in [6, 6.07) is 10.9. The highest BCUT2D eigenvalue weighted by molar-refractivity contribution is 9.10. The minimum atomic E-state index is 0.0134. The zero-order valence-electron chi connectivity index (χ0n) is 12.0. The normalized spacial score (nSPS) is 14.7. The van der Waals surface area contributed by atoms with Crippen LogP contribution in [0.5, 0.6) is 0 Å². The minimum absolute atomic E-state index is 0.0134. The molecule has 0 unspecified atom stereocenters. The Morgan fingerprint density at radius 2 is 2.00 bits per heavy atom. The van der Waals surface area contributed by atoms with Gasteiger partial charge in [0.2, 0.25) is 11.7 Å². The number of aromatic nitrogens is 2. The van der Waals surface area contributed by atoms with Gasteiger partial charge in [0.05, 0.1) is 12.2 Å². The van der Waals surface area contributed by atoms with Crippen LogP contribution in [0.4, 0.5) is 0 Å². The Balaban J connectivity index is 1.41. The van der Waals surface area contributed by atoms with Crippen molar-refractivity contribution in [2.75, 3.05) is 13.1 Å². The largest absolute Gasteiger partial charge is 0.461 e. The van der Waals surface area contributed by atoms with Gasteiger partial charge in [0.1, 0.15) is 0 Å². The summed E-state index contributed by atoms with van der Waals surface area (Å²) in [5, 5.41) is 3.91. The van der Waals surface area contributed by atoms with E-state index in [1.165, 1.54) is 0 Å². The number of rotatable bonds is 3. The molecule has 1 saturated heterocycles. The fourth-order valence-corrected chi connectivity index (χ4v) is 2.75. The first kappa shape index (κ1) is 14.2. The number of carbonyl (C=O) groups excluding carboxylic acids is 1. The maximum atomic E-state index is 12.3. The van der Waals surface area contributed by atoms with Gasteiger partial charge in [-0.05, 0) is 36.4 Å². The van der Waals surface area contributed by atoms with Gasteiger partial charge < -0.3 is 13.8 Å². The number of hydrogen-bond donors (Lipinski definition) is 0. The summed E-state index contributed by atoms with van der Waals surface area (Å²) in [6.07, 6.45) is 1.56. The van der Waals surface area contributed by atoms with Crippen LogP contribution < -0.4 is 0 Å². The number of amides is 1. The van der Waals surface area contributed by atoms with Gasteiger partial charge >= 0.3 is 0 Å². The van der Waals surface area contributed by atoms with Gasteiger partial charge in [-0.25, -0.2) is 0 Å². The molecule has 116 valence electrons. The maximum Gasteiger partial charge on any atom is 0.253 e. The Morgan fingerprint density at radius 3 is 2.70 bits per heavy atom. The number of nitrogens with zero attached hydrogens (tertiary/aromatic N) is 3. The molecule has 0 atom stereocenters. The lowest BCUT2D eigenvalue weighted by atomic mass is 9.99. The highest BCUT2D eigenvalue weighted by Crippen LogP contribution is 2.29. The molecular weight excluding hydrogens is 362 g/mol. The third-order valence-electron chi connectivity index (χ3n) is 3.79. The van der Waals surface area contributed by atoms with Crippen molar-refractivity contribution in [2.24, 2.45) is 0 Å². The van der Waals surface area contributed by atoms with Crippen molar-refractivity contribution in [2.45, 2.75) is 5.92 Å². The standard InChI is InChI=1S/C16H12BrN3O3/c17-12-5-3-10(4-6-12)16(21)20-8-11(9-20)15-18-14(19-23-15)13-2-1-7-22-13/h1-7,11H,8-9H2. The van der Waals surface area contributed by atoms with E-state index in [0.717, 1.165) is 4.47 Å². The van der Waals surface area contributed by atoms with Crippen molar-refractivity contribution in [1.29, 1.82) is 0 Å². The van der Waals surface area contributed by atoms with E-state index in [4.69, 9.17) is 8.94 Å². The Morgan fingerprint density at radius 1 is 1.22 bits per heavy atom. The zero-order chi connectivity index (χ0) is 15.8. The van der Waals surface area contributed by atoms with E-state index in [1.54, 1.807) is 35.4 Å². The molecule has 0 radical (unpaired) electrons. The molecule has 1 aliphatic rings. The molecule has 1 aromatic carbocycles. The Bertz CT molecular complexity index is 821. The monoisotopic (exact) mass is 373 g/mol. The number of likely N-dealkylation sites (tertiary alicyclic amines) is 1. The number of benzene rings is 1. The van der Waals surface area contributed by atoms with Gasteiger partial charge in [-0.3, -0.25) is 4.79 Å². The SMILES string of the molecule is O=C(c1ccc(Br)cc1)N1CC(c2nc(-c3ccco3)no2)C1. The summed E-state index contributed by atoms with van der Waals surface area (Å²) in [5.74, 6) is 1.63. The average Bonchev–Trinajstić information content (AvgIpc) is 3.17. The van der Waals surface area contributed by atoms with E-state index in [1.807, 2.05) is 12.1 Å². The first-order chi connectivity index (χ1) is 11.2. The summed E-state index contributed by atoms with van der Waals surface area (Å²) in [6.45, 7) is 1.16. The molecule has 7 heteroatoms. The molecule has 23 heavy (non-hydrogen) atoms. The van der Waals surface area contributed by atoms with E-state index in [2.05, 4.69) is 26.1 Å². The van der Waals surface area contributed by atoms with E-state index < -0.39 is 0 Å². The molecule has 0 saturated carbocycles. The zero-order valence-corrected chi connectivity index (χ0v) is 13.6. The second-order valence-electron chi connectivity index (χ2n) is 5.35. The average molecular weight is 374 g/mol. The lowest BCUT2D eigenvalue weighted by molar-refractivity contribution is 0.0569. The van der Waals surface area contributed by atoms with E-state index in [0.29, 0.717) is 36.1 Å². The predicted molar refractivity (Wildman–Crippen MR) is 84.8 cm³/mol. The van der Waals surface area contributed by atoms with Gasteiger partial charge in [0.25, 0.3) is 5.91 Å². The summed E-state index contributed by atoms with van der Waals surface area (Å²) in [7, 11) is 0. The summed E-state index contributed by atoms with van der Waals surface area (Å²) in [5.41, 5.74) is 0.674. The third-order valence-corrected chi connectivity index (χ3v) is 4.32. The Labute approximate surface area is 140 Å². The number of furan rings is 1. The van der Waals surface area contributed by atoms with Crippen molar-refractivity contribution in [1.82, 2.24) is 15.0 Å². The number of hydrogen-bond acceptors (Lipinski definition) is 5. The highest BCUT2D eigenvalue weighted by atomic mass is 79.9. The quantitative estimate of drug-likeness (QED) is 0.703. The van der Waals surface area contributed by atoms with Crippen LogP contribution >= 0.6 is 15.9 Å². The molecule has 6 nitrogen and oxygen atoms in total. The van der Waals surface area contributed by atoms with Crippen LogP contribution in [0.25, 0.3) is 11.6 Å². The predicted octanol–water partition coefficient (Wildman–Crippen LogP) is 3.33. The van der Waals surface area contributed by atoms with Crippen LogP contribution in [0, 0.1) is 0 Å². The van der Waals surface area contributed by atoms with E-state index >= 15 is 0 Å². The van der Waals surface area contributed by atoms with E-state index in [-0.39, 0.29) is 11.8 Å². The third kappa shape index (κ3) is 2.68. The summed E-state index contributed by atoms with van der Waals surface area (Å²) >= 11 is 3.36.